The molecule has 0 bridgehead atoms. The van der Waals surface area contributed by atoms with Gasteiger partial charge in [-0.3, -0.25) is 0 Å². The number of halogens is 5. The highest BCUT2D eigenvalue weighted by Crippen LogP contribution is 2.24. The Hall–Kier alpha value is -2.11. The van der Waals surface area contributed by atoms with Crippen molar-refractivity contribution in [3.63, 3.8) is 0 Å². The van der Waals surface area contributed by atoms with E-state index in [1.165, 1.54) is 0 Å². The molecule has 0 N–H and O–H groups in total. The van der Waals surface area contributed by atoms with Crippen LogP contribution in [0, 0.1) is 29.1 Å². The maximum absolute atomic E-state index is 13.8. The SMILES string of the molecule is C=Cc1ccc(C(C)(C)Bc2c(F)c(F)c(F)c(F)c2F)cc1. The minimum atomic E-state index is -2.14. The summed E-state index contributed by atoms with van der Waals surface area (Å²) < 4.78 is 67.4. The fourth-order valence-electron chi connectivity index (χ4n) is 2.42. The summed E-state index contributed by atoms with van der Waals surface area (Å²) in [6.07, 6.45) is 1.64. The Kier molecular flexibility index (Phi) is 4.64. The molecule has 0 saturated carbocycles. The lowest BCUT2D eigenvalue weighted by atomic mass is 9.47. The molecule has 0 aromatic heterocycles. The summed E-state index contributed by atoms with van der Waals surface area (Å²) in [5.74, 6) is -9.54. The maximum atomic E-state index is 13.8. The molecule has 0 heterocycles. The average Bonchev–Trinajstić information content (AvgIpc) is 2.55. The van der Waals surface area contributed by atoms with E-state index in [1.807, 2.05) is 0 Å². The molecule has 0 aliphatic heterocycles. The summed E-state index contributed by atoms with van der Waals surface area (Å²) in [7, 11) is -0.327. The van der Waals surface area contributed by atoms with Crippen LogP contribution in [0.3, 0.4) is 0 Å². The van der Waals surface area contributed by atoms with E-state index in [2.05, 4.69) is 6.58 Å². The fraction of sp³-hybridized carbons (Fsp3) is 0.176. The first-order valence-electron chi connectivity index (χ1n) is 6.92. The molecule has 120 valence electrons. The molecule has 0 atom stereocenters. The van der Waals surface area contributed by atoms with Gasteiger partial charge < -0.3 is 0 Å². The molecule has 0 spiro atoms. The van der Waals surface area contributed by atoms with Gasteiger partial charge in [-0.05, 0) is 21.9 Å². The molecule has 2 aromatic carbocycles. The molecular formula is C17H14BF5. The van der Waals surface area contributed by atoms with Crippen LogP contribution < -0.4 is 5.46 Å². The molecule has 0 fully saturated rings. The van der Waals surface area contributed by atoms with Gasteiger partial charge in [0.25, 0.3) is 0 Å². The van der Waals surface area contributed by atoms with Crippen molar-refractivity contribution in [1.82, 2.24) is 0 Å². The summed E-state index contributed by atoms with van der Waals surface area (Å²) >= 11 is 0. The number of hydrogen-bond donors (Lipinski definition) is 0. The normalized spacial score (nSPS) is 11.4. The van der Waals surface area contributed by atoms with E-state index in [0.29, 0.717) is 5.56 Å². The Morgan fingerprint density at radius 2 is 1.26 bits per heavy atom. The van der Waals surface area contributed by atoms with E-state index >= 15 is 0 Å². The monoisotopic (exact) mass is 324 g/mol. The minimum Gasteiger partial charge on any atom is -0.204 e. The molecule has 0 aliphatic carbocycles. The summed E-state index contributed by atoms with van der Waals surface area (Å²) in [4.78, 5) is 0. The summed E-state index contributed by atoms with van der Waals surface area (Å²) in [6.45, 7) is 6.97. The van der Waals surface area contributed by atoms with Gasteiger partial charge in [0, 0.05) is 0 Å². The van der Waals surface area contributed by atoms with Crippen molar-refractivity contribution < 1.29 is 22.0 Å². The van der Waals surface area contributed by atoms with Crippen molar-refractivity contribution in [3.8, 4) is 0 Å². The highest BCUT2D eigenvalue weighted by atomic mass is 19.2. The molecule has 6 heteroatoms. The van der Waals surface area contributed by atoms with E-state index < -0.39 is 39.9 Å². The standard InChI is InChI=1S/C17H14BF5/c1-4-9-5-7-10(8-6-9)17(2,3)18-11-12(19)14(21)16(23)15(22)13(11)20/h4-8,18H,1H2,2-3H3. The molecule has 0 radical (unpaired) electrons. The Labute approximate surface area is 131 Å². The highest BCUT2D eigenvalue weighted by Gasteiger charge is 2.31. The van der Waals surface area contributed by atoms with Crippen molar-refractivity contribution >= 4 is 18.8 Å². The van der Waals surface area contributed by atoms with Crippen molar-refractivity contribution in [3.05, 3.63) is 71.1 Å². The highest BCUT2D eigenvalue weighted by molar-refractivity contribution is 6.56. The van der Waals surface area contributed by atoms with Crippen LogP contribution in [-0.2, 0) is 5.31 Å². The molecule has 2 rings (SSSR count). The molecule has 0 nitrogen and oxygen atoms in total. The molecule has 0 aliphatic rings. The fourth-order valence-corrected chi connectivity index (χ4v) is 2.42. The van der Waals surface area contributed by atoms with Gasteiger partial charge in [-0.25, -0.2) is 22.0 Å². The Balaban J connectivity index is 2.46. The average molecular weight is 324 g/mol. The molecule has 0 unspecified atom stereocenters. The molecular weight excluding hydrogens is 310 g/mol. The van der Waals surface area contributed by atoms with Crippen LogP contribution in [0.1, 0.15) is 25.0 Å². The lowest BCUT2D eigenvalue weighted by Gasteiger charge is -2.25. The molecule has 0 amide bonds. The van der Waals surface area contributed by atoms with Gasteiger partial charge in [0.05, 0.1) is 0 Å². The first-order chi connectivity index (χ1) is 10.7. The van der Waals surface area contributed by atoms with Crippen LogP contribution in [0.5, 0.6) is 0 Å². The Morgan fingerprint density at radius 1 is 0.826 bits per heavy atom. The third-order valence-electron chi connectivity index (χ3n) is 3.85. The second-order valence-corrected chi connectivity index (χ2v) is 5.94. The van der Waals surface area contributed by atoms with Crippen molar-refractivity contribution in [2.45, 2.75) is 19.2 Å². The van der Waals surface area contributed by atoms with E-state index in [-0.39, 0.29) is 7.28 Å². The predicted octanol–water partition coefficient (Wildman–Crippen LogP) is 4.02. The second-order valence-electron chi connectivity index (χ2n) is 5.94. The smallest absolute Gasteiger partial charge is 0.200 e. The van der Waals surface area contributed by atoms with Crippen molar-refractivity contribution in [2.24, 2.45) is 0 Å². The minimum absolute atomic E-state index is 0.327. The quantitative estimate of drug-likeness (QED) is 0.345. The topological polar surface area (TPSA) is 0 Å². The summed E-state index contributed by atoms with van der Waals surface area (Å²) in [6, 6.07) is 7.01. The lowest BCUT2D eigenvalue weighted by molar-refractivity contribution is 0.384. The largest absolute Gasteiger partial charge is 0.204 e. The molecule has 23 heavy (non-hydrogen) atoms. The molecule has 2 aromatic rings. The third-order valence-corrected chi connectivity index (χ3v) is 3.85. The van der Waals surface area contributed by atoms with Gasteiger partial charge >= 0.3 is 0 Å². The van der Waals surface area contributed by atoms with E-state index in [9.17, 15) is 22.0 Å². The zero-order valence-corrected chi connectivity index (χ0v) is 12.7. The van der Waals surface area contributed by atoms with Gasteiger partial charge in [0.2, 0.25) is 0 Å². The first-order valence-corrected chi connectivity index (χ1v) is 6.92. The van der Waals surface area contributed by atoms with Crippen LogP contribution in [0.25, 0.3) is 6.08 Å². The maximum Gasteiger partial charge on any atom is 0.200 e. The van der Waals surface area contributed by atoms with Crippen molar-refractivity contribution in [1.29, 1.82) is 0 Å². The number of rotatable bonds is 4. The van der Waals surface area contributed by atoms with Gasteiger partial charge in [-0.2, -0.15) is 0 Å². The van der Waals surface area contributed by atoms with Crippen molar-refractivity contribution in [2.75, 3.05) is 0 Å². The second kappa shape index (κ2) is 6.18. The first kappa shape index (κ1) is 17.3. The predicted molar refractivity (Wildman–Crippen MR) is 82.6 cm³/mol. The molecule has 0 saturated heterocycles. The van der Waals surface area contributed by atoms with Gasteiger partial charge in [-0.1, -0.05) is 50.8 Å². The van der Waals surface area contributed by atoms with Gasteiger partial charge in [0.1, 0.15) is 0 Å². The third kappa shape index (κ3) is 3.16. The van der Waals surface area contributed by atoms with Crippen LogP contribution in [0.15, 0.2) is 30.8 Å². The van der Waals surface area contributed by atoms with Gasteiger partial charge in [0.15, 0.2) is 36.4 Å². The lowest BCUT2D eigenvalue weighted by Crippen LogP contribution is -2.39. The van der Waals surface area contributed by atoms with Gasteiger partial charge in [-0.15, -0.1) is 0 Å². The zero-order valence-electron chi connectivity index (χ0n) is 12.7. The Morgan fingerprint density at radius 3 is 1.70 bits per heavy atom. The summed E-state index contributed by atoms with van der Waals surface area (Å²) in [5, 5.41) is -0.821. The Bertz CT molecular complexity index is 722. The van der Waals surface area contributed by atoms with Crippen LogP contribution in [0.4, 0.5) is 22.0 Å². The van der Waals surface area contributed by atoms with Crippen LogP contribution in [-0.4, -0.2) is 7.28 Å². The number of benzene rings is 2. The summed E-state index contributed by atoms with van der Waals surface area (Å²) in [5.41, 5.74) is 0.770. The van der Waals surface area contributed by atoms with E-state index in [4.69, 9.17) is 0 Å². The zero-order chi connectivity index (χ0) is 17.4. The van der Waals surface area contributed by atoms with E-state index in [1.54, 1.807) is 44.2 Å². The van der Waals surface area contributed by atoms with E-state index in [0.717, 1.165) is 5.56 Å². The number of hydrogen-bond acceptors (Lipinski definition) is 0. The van der Waals surface area contributed by atoms with Crippen LogP contribution in [0.2, 0.25) is 0 Å². The van der Waals surface area contributed by atoms with Crippen LogP contribution >= 0.6 is 0 Å².